The third-order valence-corrected chi connectivity index (χ3v) is 8.33. The fourth-order valence-electron chi connectivity index (χ4n) is 5.64. The minimum absolute atomic E-state index is 0.0917. The summed E-state index contributed by atoms with van der Waals surface area (Å²) in [6.07, 6.45) is 3.63. The second-order valence-corrected chi connectivity index (χ2v) is 11.1. The molecule has 33 heavy (non-hydrogen) atoms. The summed E-state index contributed by atoms with van der Waals surface area (Å²) in [4.78, 5) is 33.3. The molecule has 0 radical (unpaired) electrons. The van der Waals surface area contributed by atoms with Gasteiger partial charge in [-0.3, -0.25) is 19.2 Å². The van der Waals surface area contributed by atoms with Gasteiger partial charge in [0.1, 0.15) is 0 Å². The van der Waals surface area contributed by atoms with Crippen molar-refractivity contribution in [1.29, 1.82) is 0 Å². The van der Waals surface area contributed by atoms with E-state index in [1.165, 1.54) is 10.4 Å². The van der Waals surface area contributed by atoms with Crippen LogP contribution in [0.1, 0.15) is 60.6 Å². The van der Waals surface area contributed by atoms with E-state index < -0.39 is 0 Å². The highest BCUT2D eigenvalue weighted by molar-refractivity contribution is 7.10. The van der Waals surface area contributed by atoms with Gasteiger partial charge in [-0.05, 0) is 43.0 Å². The molecule has 2 amide bonds. The molecule has 5 rings (SSSR count). The summed E-state index contributed by atoms with van der Waals surface area (Å²) in [7, 11) is 0. The minimum Gasteiger partial charge on any atom is -0.343 e. The van der Waals surface area contributed by atoms with Crippen molar-refractivity contribution in [3.63, 3.8) is 0 Å². The first-order valence-electron chi connectivity index (χ1n) is 12.4. The molecule has 0 unspecified atom stereocenters. The van der Waals surface area contributed by atoms with Gasteiger partial charge in [0.15, 0.2) is 5.69 Å². The Morgan fingerprint density at radius 3 is 2.45 bits per heavy atom. The van der Waals surface area contributed by atoms with Crippen LogP contribution in [0.3, 0.4) is 0 Å². The van der Waals surface area contributed by atoms with E-state index in [0.29, 0.717) is 11.6 Å². The van der Waals surface area contributed by atoms with Crippen molar-refractivity contribution in [3.8, 4) is 11.3 Å². The smallest absolute Gasteiger partial charge is 0.274 e. The number of fused-ring (bicyclic) bond motifs is 3. The SMILES string of the molecule is CC(=O)N1CCC(n2nc(C(=O)N3CCN(CC(C)C)CC3)c3c2-c2ccsc2CC3)CC1. The van der Waals surface area contributed by atoms with Crippen molar-refractivity contribution in [2.45, 2.75) is 52.5 Å². The van der Waals surface area contributed by atoms with E-state index in [1.54, 1.807) is 18.3 Å². The first kappa shape index (κ1) is 22.6. The van der Waals surface area contributed by atoms with Gasteiger partial charge < -0.3 is 9.80 Å². The van der Waals surface area contributed by atoms with Crippen LogP contribution >= 0.6 is 11.3 Å². The average molecular weight is 470 g/mol. The predicted octanol–water partition coefficient (Wildman–Crippen LogP) is 3.31. The Labute approximate surface area is 200 Å². The first-order chi connectivity index (χ1) is 15.9. The molecule has 1 aliphatic carbocycles. The number of likely N-dealkylation sites (tertiary alicyclic amines) is 1. The molecule has 0 N–H and O–H groups in total. The maximum absolute atomic E-state index is 13.7. The van der Waals surface area contributed by atoms with Gasteiger partial charge in [0.05, 0.1) is 11.7 Å². The molecule has 2 aromatic heterocycles. The van der Waals surface area contributed by atoms with E-state index in [9.17, 15) is 9.59 Å². The lowest BCUT2D eigenvalue weighted by Gasteiger charge is -2.35. The standard InChI is InChI=1S/C25H35N5O2S/c1-17(2)16-27-11-13-29(14-12-27)25(32)23-21-4-5-22-20(8-15-33-22)24(21)30(26-23)19-6-9-28(10-7-19)18(3)31/h8,15,17,19H,4-7,9-14,16H2,1-3H3. The van der Waals surface area contributed by atoms with Crippen molar-refractivity contribution in [2.24, 2.45) is 5.92 Å². The van der Waals surface area contributed by atoms with Crippen molar-refractivity contribution in [1.82, 2.24) is 24.5 Å². The Bertz CT molecular complexity index is 1030. The van der Waals surface area contributed by atoms with Crippen LogP contribution in [0.25, 0.3) is 11.3 Å². The molecule has 2 saturated heterocycles. The Hall–Kier alpha value is -2.19. The molecule has 0 bridgehead atoms. The second kappa shape index (κ2) is 9.22. The summed E-state index contributed by atoms with van der Waals surface area (Å²) >= 11 is 1.80. The number of piperazine rings is 1. The molecule has 3 aliphatic rings. The Morgan fingerprint density at radius 1 is 1.06 bits per heavy atom. The quantitative estimate of drug-likeness (QED) is 0.689. The summed E-state index contributed by atoms with van der Waals surface area (Å²) in [6.45, 7) is 12.2. The van der Waals surface area contributed by atoms with Gasteiger partial charge in [0.2, 0.25) is 5.91 Å². The summed E-state index contributed by atoms with van der Waals surface area (Å²) in [5.41, 5.74) is 4.20. The molecule has 7 nitrogen and oxygen atoms in total. The van der Waals surface area contributed by atoms with E-state index in [2.05, 4.69) is 34.9 Å². The highest BCUT2D eigenvalue weighted by Crippen LogP contribution is 2.41. The molecule has 8 heteroatoms. The average Bonchev–Trinajstić information content (AvgIpc) is 3.43. The Balaban J connectivity index is 1.42. The van der Waals surface area contributed by atoms with E-state index in [0.717, 1.165) is 82.8 Å². The fourth-order valence-corrected chi connectivity index (χ4v) is 6.52. The molecule has 0 saturated carbocycles. The van der Waals surface area contributed by atoms with E-state index in [-0.39, 0.29) is 17.9 Å². The van der Waals surface area contributed by atoms with Crippen molar-refractivity contribution in [2.75, 3.05) is 45.8 Å². The molecule has 0 atom stereocenters. The van der Waals surface area contributed by atoms with Gasteiger partial charge in [-0.2, -0.15) is 5.10 Å². The normalized spacial score (nSPS) is 19.6. The number of carbonyl (C=O) groups is 2. The van der Waals surface area contributed by atoms with Crippen molar-refractivity contribution < 1.29 is 9.59 Å². The van der Waals surface area contributed by atoms with Crippen molar-refractivity contribution in [3.05, 3.63) is 27.6 Å². The number of hydrogen-bond donors (Lipinski definition) is 0. The maximum atomic E-state index is 13.7. The predicted molar refractivity (Wildman–Crippen MR) is 131 cm³/mol. The molecule has 178 valence electrons. The van der Waals surface area contributed by atoms with E-state index >= 15 is 0 Å². The summed E-state index contributed by atoms with van der Waals surface area (Å²) < 4.78 is 2.15. The number of aromatic nitrogens is 2. The van der Waals surface area contributed by atoms with Crippen LogP contribution in [-0.2, 0) is 17.6 Å². The van der Waals surface area contributed by atoms with Crippen LogP contribution in [0.2, 0.25) is 0 Å². The first-order valence-corrected chi connectivity index (χ1v) is 13.3. The van der Waals surface area contributed by atoms with E-state index in [1.807, 2.05) is 9.80 Å². The zero-order chi connectivity index (χ0) is 23.1. The number of aryl methyl sites for hydroxylation is 1. The highest BCUT2D eigenvalue weighted by atomic mass is 32.1. The van der Waals surface area contributed by atoms with E-state index in [4.69, 9.17) is 5.10 Å². The van der Waals surface area contributed by atoms with Crippen LogP contribution in [0, 0.1) is 5.92 Å². The molecular formula is C25H35N5O2S. The Kier molecular flexibility index (Phi) is 6.31. The van der Waals surface area contributed by atoms with Crippen LogP contribution in [-0.4, -0.2) is 82.1 Å². The third-order valence-electron chi connectivity index (χ3n) is 7.35. The van der Waals surface area contributed by atoms with Crippen molar-refractivity contribution >= 4 is 23.2 Å². The van der Waals surface area contributed by atoms with Gasteiger partial charge in [0, 0.05) is 68.7 Å². The van der Waals surface area contributed by atoms with Gasteiger partial charge in [0.25, 0.3) is 5.91 Å². The molecule has 4 heterocycles. The van der Waals surface area contributed by atoms with Crippen LogP contribution in [0.5, 0.6) is 0 Å². The molecule has 2 aromatic rings. The molecule has 2 fully saturated rings. The number of thiophene rings is 1. The molecule has 0 aromatic carbocycles. The summed E-state index contributed by atoms with van der Waals surface area (Å²) in [5.74, 6) is 0.877. The summed E-state index contributed by atoms with van der Waals surface area (Å²) in [5, 5.41) is 7.18. The topological polar surface area (TPSA) is 61.7 Å². The second-order valence-electron chi connectivity index (χ2n) is 10.1. The zero-order valence-corrected chi connectivity index (χ0v) is 20.9. The minimum atomic E-state index is 0.0917. The number of hydrogen-bond acceptors (Lipinski definition) is 5. The molecular weight excluding hydrogens is 434 g/mol. The van der Waals surface area contributed by atoms with Gasteiger partial charge in [-0.25, -0.2) is 0 Å². The molecule has 2 aliphatic heterocycles. The largest absolute Gasteiger partial charge is 0.343 e. The number of amides is 2. The highest BCUT2D eigenvalue weighted by Gasteiger charge is 2.35. The number of carbonyl (C=O) groups excluding carboxylic acids is 2. The number of rotatable bonds is 4. The monoisotopic (exact) mass is 469 g/mol. The lowest BCUT2D eigenvalue weighted by molar-refractivity contribution is -0.130. The van der Waals surface area contributed by atoms with Crippen LogP contribution < -0.4 is 0 Å². The number of piperidine rings is 1. The third kappa shape index (κ3) is 4.35. The van der Waals surface area contributed by atoms with Gasteiger partial charge in [-0.1, -0.05) is 13.8 Å². The van der Waals surface area contributed by atoms with Crippen LogP contribution in [0.4, 0.5) is 0 Å². The Morgan fingerprint density at radius 2 is 1.79 bits per heavy atom. The lowest BCUT2D eigenvalue weighted by Crippen LogP contribution is -2.49. The summed E-state index contributed by atoms with van der Waals surface area (Å²) in [6, 6.07) is 2.42. The lowest BCUT2D eigenvalue weighted by atomic mass is 9.93. The number of nitrogens with zero attached hydrogens (tertiary/aromatic N) is 5. The fraction of sp³-hybridized carbons (Fsp3) is 0.640. The van der Waals surface area contributed by atoms with Crippen LogP contribution in [0.15, 0.2) is 11.4 Å². The maximum Gasteiger partial charge on any atom is 0.274 e. The molecule has 0 spiro atoms. The zero-order valence-electron chi connectivity index (χ0n) is 20.0. The van der Waals surface area contributed by atoms with Gasteiger partial charge in [-0.15, -0.1) is 11.3 Å². The van der Waals surface area contributed by atoms with Gasteiger partial charge >= 0.3 is 0 Å².